The monoisotopic (exact) mass is 212 g/mol. The summed E-state index contributed by atoms with van der Waals surface area (Å²) >= 11 is 0. The van der Waals surface area contributed by atoms with E-state index >= 15 is 0 Å². The highest BCUT2D eigenvalue weighted by molar-refractivity contribution is 5.16. The lowest BCUT2D eigenvalue weighted by Gasteiger charge is -2.64. The molecule has 0 amide bonds. The average Bonchev–Trinajstić information content (AvgIpc) is 1.98. The predicted molar refractivity (Wildman–Crippen MR) is 66.8 cm³/mol. The average molecular weight is 212 g/mol. The predicted octanol–water partition coefficient (Wildman–Crippen LogP) is 2.53. The molecule has 1 heterocycles. The third kappa shape index (κ3) is 1.53. The lowest BCUT2D eigenvalue weighted by Crippen LogP contribution is -2.77. The first-order chi connectivity index (χ1) is 6.36. The Morgan fingerprint density at radius 1 is 0.733 bits per heavy atom. The van der Waals surface area contributed by atoms with Crippen LogP contribution in [0.3, 0.4) is 0 Å². The Kier molecular flexibility index (Phi) is 2.58. The highest BCUT2D eigenvalue weighted by atomic mass is 15.1. The molecule has 1 rings (SSSR count). The third-order valence-electron chi connectivity index (χ3n) is 5.40. The van der Waals surface area contributed by atoms with Crippen molar-refractivity contribution < 1.29 is 0 Å². The van der Waals surface area contributed by atoms with E-state index in [9.17, 15) is 0 Å². The second kappa shape index (κ2) is 2.98. The van der Waals surface area contributed by atoms with Crippen molar-refractivity contribution in [2.45, 2.75) is 72.5 Å². The van der Waals surface area contributed by atoms with Crippen LogP contribution >= 0.6 is 0 Å². The summed E-state index contributed by atoms with van der Waals surface area (Å²) in [4.78, 5) is 0. The summed E-state index contributed by atoms with van der Waals surface area (Å²) in [5.74, 6) is 0. The summed E-state index contributed by atoms with van der Waals surface area (Å²) in [5.41, 5.74) is 6.80. The van der Waals surface area contributed by atoms with Crippen LogP contribution in [0.5, 0.6) is 0 Å². The molecule has 0 aromatic heterocycles. The van der Waals surface area contributed by atoms with Crippen molar-refractivity contribution in [1.82, 2.24) is 5.32 Å². The van der Waals surface area contributed by atoms with Crippen molar-refractivity contribution >= 4 is 0 Å². The molecule has 1 saturated heterocycles. The quantitative estimate of drug-likeness (QED) is 0.647. The molecule has 0 bridgehead atoms. The van der Waals surface area contributed by atoms with Gasteiger partial charge in [-0.25, -0.2) is 0 Å². The summed E-state index contributed by atoms with van der Waals surface area (Å²) in [5, 5.41) is 3.76. The van der Waals surface area contributed by atoms with Crippen LogP contribution in [0.15, 0.2) is 0 Å². The zero-order valence-electron chi connectivity index (χ0n) is 11.7. The molecule has 0 aromatic carbocycles. The fourth-order valence-corrected chi connectivity index (χ4v) is 2.78. The highest BCUT2D eigenvalue weighted by Crippen LogP contribution is 2.50. The molecule has 15 heavy (non-hydrogen) atoms. The van der Waals surface area contributed by atoms with E-state index in [1.54, 1.807) is 0 Å². The lowest BCUT2D eigenvalue weighted by atomic mass is 9.52. The highest BCUT2D eigenvalue weighted by Gasteiger charge is 2.58. The van der Waals surface area contributed by atoms with E-state index in [1.807, 2.05) is 0 Å². The molecule has 2 nitrogen and oxygen atoms in total. The first-order valence-corrected chi connectivity index (χ1v) is 5.91. The van der Waals surface area contributed by atoms with Gasteiger partial charge in [-0.1, -0.05) is 27.7 Å². The van der Waals surface area contributed by atoms with Gasteiger partial charge < -0.3 is 11.1 Å². The maximum Gasteiger partial charge on any atom is 0.0196 e. The molecular weight excluding hydrogens is 184 g/mol. The van der Waals surface area contributed by atoms with E-state index in [-0.39, 0.29) is 27.9 Å². The molecule has 0 saturated carbocycles. The Bertz CT molecular complexity index is 236. The van der Waals surface area contributed by atoms with Crippen LogP contribution in [0, 0.1) is 10.8 Å². The zero-order chi connectivity index (χ0) is 12.3. The molecule has 0 spiro atoms. The van der Waals surface area contributed by atoms with Crippen LogP contribution in [0.2, 0.25) is 0 Å². The molecular formula is C13H28N2. The van der Waals surface area contributed by atoms with Crippen LogP contribution in [0.1, 0.15) is 55.4 Å². The van der Waals surface area contributed by atoms with Crippen molar-refractivity contribution in [3.05, 3.63) is 0 Å². The molecule has 0 atom stereocenters. The van der Waals surface area contributed by atoms with Gasteiger partial charge in [-0.05, 0) is 38.5 Å². The maximum absolute atomic E-state index is 6.50. The van der Waals surface area contributed by atoms with Gasteiger partial charge in [0.05, 0.1) is 0 Å². The number of rotatable bonds is 0. The molecule has 2 heteroatoms. The summed E-state index contributed by atoms with van der Waals surface area (Å²) in [6, 6.07) is 0.191. The Morgan fingerprint density at radius 2 is 1.00 bits per heavy atom. The van der Waals surface area contributed by atoms with Gasteiger partial charge in [0.2, 0.25) is 0 Å². The summed E-state index contributed by atoms with van der Waals surface area (Å²) in [6.45, 7) is 18.1. The Morgan fingerprint density at radius 3 is 1.27 bits per heavy atom. The molecule has 0 radical (unpaired) electrons. The van der Waals surface area contributed by atoms with E-state index in [4.69, 9.17) is 5.73 Å². The van der Waals surface area contributed by atoms with Crippen LogP contribution in [-0.4, -0.2) is 17.1 Å². The van der Waals surface area contributed by atoms with Gasteiger partial charge in [0, 0.05) is 17.1 Å². The Balaban J connectivity index is 3.24. The van der Waals surface area contributed by atoms with Crippen LogP contribution in [-0.2, 0) is 0 Å². The van der Waals surface area contributed by atoms with E-state index in [1.165, 1.54) is 0 Å². The van der Waals surface area contributed by atoms with E-state index in [0.717, 1.165) is 0 Å². The van der Waals surface area contributed by atoms with Crippen molar-refractivity contribution in [1.29, 1.82) is 0 Å². The van der Waals surface area contributed by atoms with Gasteiger partial charge in [0.25, 0.3) is 0 Å². The SMILES string of the molecule is CC1(C)NC(C)(C)C(C)(C)C(N)C1(C)C. The minimum atomic E-state index is 0.0609. The summed E-state index contributed by atoms with van der Waals surface area (Å²) < 4.78 is 0. The fraction of sp³-hybridized carbons (Fsp3) is 1.00. The van der Waals surface area contributed by atoms with Crippen molar-refractivity contribution in [3.63, 3.8) is 0 Å². The standard InChI is InChI=1S/C13H28N2/c1-10(2)9(14)11(3,4)13(7,8)15-12(10,5)6/h9,15H,14H2,1-8H3. The molecule has 90 valence electrons. The summed E-state index contributed by atoms with van der Waals surface area (Å²) in [6.07, 6.45) is 0. The molecule has 1 fully saturated rings. The van der Waals surface area contributed by atoms with Gasteiger partial charge in [-0.15, -0.1) is 0 Å². The lowest BCUT2D eigenvalue weighted by molar-refractivity contribution is -0.0686. The summed E-state index contributed by atoms with van der Waals surface area (Å²) in [7, 11) is 0. The second-order valence-corrected chi connectivity index (χ2v) is 7.30. The van der Waals surface area contributed by atoms with E-state index in [0.29, 0.717) is 0 Å². The van der Waals surface area contributed by atoms with Gasteiger partial charge in [0.1, 0.15) is 0 Å². The van der Waals surface area contributed by atoms with Crippen molar-refractivity contribution in [2.24, 2.45) is 16.6 Å². The molecule has 0 unspecified atom stereocenters. The van der Waals surface area contributed by atoms with Crippen LogP contribution < -0.4 is 11.1 Å². The normalized spacial score (nSPS) is 32.6. The number of hydrogen-bond acceptors (Lipinski definition) is 2. The first-order valence-electron chi connectivity index (χ1n) is 5.91. The zero-order valence-corrected chi connectivity index (χ0v) is 11.7. The maximum atomic E-state index is 6.50. The number of nitrogens with one attached hydrogen (secondary N) is 1. The molecule has 0 aromatic rings. The Hall–Kier alpha value is -0.0800. The van der Waals surface area contributed by atoms with Crippen LogP contribution in [0.25, 0.3) is 0 Å². The van der Waals surface area contributed by atoms with Gasteiger partial charge in [0.15, 0.2) is 0 Å². The largest absolute Gasteiger partial charge is 0.327 e. The van der Waals surface area contributed by atoms with Gasteiger partial charge >= 0.3 is 0 Å². The molecule has 1 aliphatic rings. The minimum Gasteiger partial charge on any atom is -0.327 e. The molecule has 3 N–H and O–H groups in total. The second-order valence-electron chi connectivity index (χ2n) is 7.30. The fourth-order valence-electron chi connectivity index (χ4n) is 2.78. The third-order valence-corrected chi connectivity index (χ3v) is 5.40. The van der Waals surface area contributed by atoms with Crippen molar-refractivity contribution in [2.75, 3.05) is 0 Å². The first kappa shape index (κ1) is 13.0. The number of nitrogens with two attached hydrogens (primary N) is 1. The molecule has 1 aliphatic heterocycles. The van der Waals surface area contributed by atoms with Crippen molar-refractivity contribution in [3.8, 4) is 0 Å². The van der Waals surface area contributed by atoms with Gasteiger partial charge in [-0.2, -0.15) is 0 Å². The van der Waals surface area contributed by atoms with Crippen LogP contribution in [0.4, 0.5) is 0 Å². The minimum absolute atomic E-state index is 0.0609. The van der Waals surface area contributed by atoms with Gasteiger partial charge in [-0.3, -0.25) is 0 Å². The number of hydrogen-bond donors (Lipinski definition) is 2. The topological polar surface area (TPSA) is 38.0 Å². The molecule has 0 aliphatic carbocycles. The number of piperidine rings is 1. The smallest absolute Gasteiger partial charge is 0.0196 e. The Labute approximate surface area is 95.0 Å². The van der Waals surface area contributed by atoms with E-state index in [2.05, 4.69) is 60.7 Å². The van der Waals surface area contributed by atoms with E-state index < -0.39 is 0 Å².